The summed E-state index contributed by atoms with van der Waals surface area (Å²) in [6.45, 7) is 6.46. The van der Waals surface area contributed by atoms with E-state index in [0.717, 1.165) is 31.9 Å². The van der Waals surface area contributed by atoms with Gasteiger partial charge < -0.3 is 9.47 Å². The summed E-state index contributed by atoms with van der Waals surface area (Å²) in [6.07, 6.45) is 3.32. The molecule has 132 valence electrons. The van der Waals surface area contributed by atoms with E-state index < -0.39 is 0 Å². The van der Waals surface area contributed by atoms with Crippen LogP contribution < -0.4 is 4.90 Å². The summed E-state index contributed by atoms with van der Waals surface area (Å²) >= 11 is 0. The predicted octanol–water partition coefficient (Wildman–Crippen LogP) is 3.78. The number of aromatic nitrogens is 2. The van der Waals surface area contributed by atoms with Gasteiger partial charge in [-0.25, -0.2) is 4.98 Å². The minimum Gasteiger partial charge on any atom is -0.371 e. The third-order valence-electron chi connectivity index (χ3n) is 5.59. The van der Waals surface area contributed by atoms with Crippen LogP contribution in [0.15, 0.2) is 60.9 Å². The molecule has 4 nitrogen and oxygen atoms in total. The Labute approximate surface area is 154 Å². The molecule has 1 saturated heterocycles. The van der Waals surface area contributed by atoms with Crippen molar-refractivity contribution in [1.29, 1.82) is 0 Å². The van der Waals surface area contributed by atoms with E-state index >= 15 is 0 Å². The van der Waals surface area contributed by atoms with E-state index in [1.54, 1.807) is 0 Å². The summed E-state index contributed by atoms with van der Waals surface area (Å²) in [5, 5.41) is 0. The number of anilines is 1. The number of imidazole rings is 1. The fourth-order valence-corrected chi connectivity index (χ4v) is 3.92. The molecule has 0 saturated carbocycles. The Morgan fingerprint density at radius 3 is 2.38 bits per heavy atom. The van der Waals surface area contributed by atoms with Crippen LogP contribution in [0.5, 0.6) is 0 Å². The van der Waals surface area contributed by atoms with Crippen molar-refractivity contribution in [3.8, 4) is 11.3 Å². The van der Waals surface area contributed by atoms with Crippen LogP contribution in [0.25, 0.3) is 11.3 Å². The fraction of sp³-hybridized carbons (Fsp3) is 0.318. The van der Waals surface area contributed by atoms with Gasteiger partial charge in [-0.1, -0.05) is 42.5 Å². The van der Waals surface area contributed by atoms with Crippen molar-refractivity contribution in [3.05, 3.63) is 72.2 Å². The number of benzene rings is 2. The molecule has 0 spiro atoms. The lowest BCUT2D eigenvalue weighted by molar-refractivity contribution is 0.213. The molecule has 1 fully saturated rings. The Hall–Kier alpha value is -2.59. The molecule has 0 radical (unpaired) electrons. The largest absolute Gasteiger partial charge is 0.371 e. The van der Waals surface area contributed by atoms with Crippen molar-refractivity contribution < 1.29 is 0 Å². The molecule has 4 heteroatoms. The van der Waals surface area contributed by atoms with Crippen LogP contribution >= 0.6 is 0 Å². The topological polar surface area (TPSA) is 24.3 Å². The van der Waals surface area contributed by atoms with Gasteiger partial charge in [0.1, 0.15) is 0 Å². The van der Waals surface area contributed by atoms with E-state index in [0.29, 0.717) is 0 Å². The quantitative estimate of drug-likeness (QED) is 0.720. The lowest BCUT2D eigenvalue weighted by Crippen LogP contribution is -2.37. The molecule has 2 aliphatic heterocycles. The molecule has 0 bridgehead atoms. The van der Waals surface area contributed by atoms with Gasteiger partial charge in [-0.3, -0.25) is 4.90 Å². The maximum atomic E-state index is 4.69. The molecule has 2 aromatic carbocycles. The average molecular weight is 344 g/mol. The summed E-state index contributed by atoms with van der Waals surface area (Å²) in [5.41, 5.74) is 6.43. The predicted molar refractivity (Wildman–Crippen MR) is 105 cm³/mol. The number of hydrogen-bond acceptors (Lipinski definition) is 3. The lowest BCUT2D eigenvalue weighted by Gasteiger charge is -2.33. The van der Waals surface area contributed by atoms with Gasteiger partial charge in [0.15, 0.2) is 0 Å². The molecule has 0 N–H and O–H groups in total. The van der Waals surface area contributed by atoms with Crippen LogP contribution in [0.4, 0.5) is 5.69 Å². The third-order valence-corrected chi connectivity index (χ3v) is 5.59. The van der Waals surface area contributed by atoms with Gasteiger partial charge in [0, 0.05) is 50.5 Å². The minimum atomic E-state index is 0.956. The Kier molecular flexibility index (Phi) is 3.98. The Morgan fingerprint density at radius 1 is 0.846 bits per heavy atom. The standard InChI is InChI=1S/C22H24N4/c1-2-5-19(6-3-1)22-21-16-24(13-14-26(21)17-23-22)15-18-7-9-20(10-8-18)25-11-4-12-25/h1-3,5-10,17H,4,11-16H2. The number of hydrogen-bond donors (Lipinski definition) is 0. The van der Waals surface area contributed by atoms with Gasteiger partial charge in [0.2, 0.25) is 0 Å². The first-order valence-electron chi connectivity index (χ1n) is 9.52. The van der Waals surface area contributed by atoms with E-state index in [9.17, 15) is 0 Å². The summed E-state index contributed by atoms with van der Waals surface area (Å²) < 4.78 is 2.31. The van der Waals surface area contributed by atoms with Crippen LogP contribution in [0.3, 0.4) is 0 Å². The van der Waals surface area contributed by atoms with Crippen LogP contribution in [-0.2, 0) is 19.6 Å². The van der Waals surface area contributed by atoms with Crippen molar-refractivity contribution in [2.24, 2.45) is 0 Å². The van der Waals surface area contributed by atoms with Crippen molar-refractivity contribution >= 4 is 5.69 Å². The van der Waals surface area contributed by atoms with Gasteiger partial charge in [0.25, 0.3) is 0 Å². The van der Waals surface area contributed by atoms with Gasteiger partial charge in [0.05, 0.1) is 17.7 Å². The van der Waals surface area contributed by atoms with E-state index in [2.05, 4.69) is 73.9 Å². The lowest BCUT2D eigenvalue weighted by atomic mass is 10.1. The van der Waals surface area contributed by atoms with Crippen LogP contribution in [0.1, 0.15) is 17.7 Å². The number of fused-ring (bicyclic) bond motifs is 1. The van der Waals surface area contributed by atoms with E-state index in [1.807, 2.05) is 6.33 Å². The second-order valence-electron chi connectivity index (χ2n) is 7.32. The molecule has 0 unspecified atom stereocenters. The zero-order valence-electron chi connectivity index (χ0n) is 15.0. The molecule has 5 rings (SSSR count). The second-order valence-corrected chi connectivity index (χ2v) is 7.32. The van der Waals surface area contributed by atoms with Gasteiger partial charge in [-0.05, 0) is 24.1 Å². The number of rotatable bonds is 4. The van der Waals surface area contributed by atoms with Crippen LogP contribution in [-0.4, -0.2) is 34.1 Å². The molecule has 1 aromatic heterocycles. The molecule has 3 heterocycles. The smallest absolute Gasteiger partial charge is 0.0956 e. The molecule has 0 aliphatic carbocycles. The first kappa shape index (κ1) is 15.6. The first-order chi connectivity index (χ1) is 12.9. The average Bonchev–Trinajstić information content (AvgIpc) is 3.06. The van der Waals surface area contributed by atoms with Crippen molar-refractivity contribution in [2.45, 2.75) is 26.1 Å². The fourth-order valence-electron chi connectivity index (χ4n) is 3.92. The zero-order valence-corrected chi connectivity index (χ0v) is 15.0. The summed E-state index contributed by atoms with van der Waals surface area (Å²) in [4.78, 5) is 9.66. The summed E-state index contributed by atoms with van der Waals surface area (Å²) in [6, 6.07) is 19.7. The Morgan fingerprint density at radius 2 is 1.65 bits per heavy atom. The molecular weight excluding hydrogens is 320 g/mol. The Balaban J connectivity index is 1.32. The van der Waals surface area contributed by atoms with Crippen LogP contribution in [0, 0.1) is 0 Å². The highest BCUT2D eigenvalue weighted by molar-refractivity contribution is 5.62. The van der Waals surface area contributed by atoms with Crippen molar-refractivity contribution in [2.75, 3.05) is 24.5 Å². The molecular formula is C22H24N4. The summed E-state index contributed by atoms with van der Waals surface area (Å²) in [5.74, 6) is 0. The monoisotopic (exact) mass is 344 g/mol. The molecule has 0 amide bonds. The third kappa shape index (κ3) is 2.90. The maximum absolute atomic E-state index is 4.69. The second kappa shape index (κ2) is 6.61. The van der Waals surface area contributed by atoms with E-state index in [1.165, 1.54) is 42.0 Å². The number of nitrogens with zero attached hydrogens (tertiary/aromatic N) is 4. The molecule has 26 heavy (non-hydrogen) atoms. The van der Waals surface area contributed by atoms with E-state index in [4.69, 9.17) is 0 Å². The SMILES string of the molecule is c1ccc(-c2ncn3c2CN(Cc2ccc(N4CCC4)cc2)CC3)cc1. The minimum absolute atomic E-state index is 0.956. The van der Waals surface area contributed by atoms with Gasteiger partial charge in [-0.2, -0.15) is 0 Å². The Bertz CT molecular complexity index is 878. The summed E-state index contributed by atoms with van der Waals surface area (Å²) in [7, 11) is 0. The maximum Gasteiger partial charge on any atom is 0.0956 e. The molecule has 0 atom stereocenters. The van der Waals surface area contributed by atoms with Gasteiger partial charge in [-0.15, -0.1) is 0 Å². The first-order valence-corrected chi connectivity index (χ1v) is 9.52. The van der Waals surface area contributed by atoms with E-state index in [-0.39, 0.29) is 0 Å². The molecule has 3 aromatic rings. The van der Waals surface area contributed by atoms with Crippen molar-refractivity contribution in [1.82, 2.24) is 14.5 Å². The highest BCUT2D eigenvalue weighted by Gasteiger charge is 2.21. The highest BCUT2D eigenvalue weighted by atomic mass is 15.2. The molecule has 2 aliphatic rings. The van der Waals surface area contributed by atoms with Gasteiger partial charge >= 0.3 is 0 Å². The van der Waals surface area contributed by atoms with Crippen molar-refractivity contribution in [3.63, 3.8) is 0 Å². The highest BCUT2D eigenvalue weighted by Crippen LogP contribution is 2.27. The van der Waals surface area contributed by atoms with Crippen LogP contribution in [0.2, 0.25) is 0 Å². The zero-order chi connectivity index (χ0) is 17.3. The normalized spacial score (nSPS) is 17.0.